The van der Waals surface area contributed by atoms with E-state index in [0.29, 0.717) is 30.2 Å². The molecular weight excluding hydrogens is 538 g/mol. The molecule has 0 bridgehead atoms. The molecule has 1 aliphatic heterocycles. The van der Waals surface area contributed by atoms with Gasteiger partial charge in [-0.3, -0.25) is 4.90 Å². The third-order valence-corrected chi connectivity index (χ3v) is 8.88. The van der Waals surface area contributed by atoms with Crippen molar-refractivity contribution in [1.82, 2.24) is 10.2 Å². The standard InChI is InChI=1S/C31H33ClF2N2O2S/c1-39(37,38)31(25-14-28(33)16-29(34)15-25)26-19-36(20-26)18-24-7-6-22(17-35-12-2-3-21-4-5-21)13-30(24)23-8-10-27(32)11-9-23/h6-11,13-16,21,35H,2-5,12,17-20H2,1H3. The first-order valence-corrected chi connectivity index (χ1v) is 15.6. The molecular formula is C31H33ClF2N2O2S. The van der Waals surface area contributed by atoms with Crippen molar-refractivity contribution in [3.05, 3.63) is 99.6 Å². The summed E-state index contributed by atoms with van der Waals surface area (Å²) in [5, 5.41) is 4.24. The Morgan fingerprint density at radius 3 is 2.33 bits per heavy atom. The van der Waals surface area contributed by atoms with Crippen molar-refractivity contribution in [2.24, 2.45) is 5.92 Å². The molecule has 8 heteroatoms. The molecule has 4 nitrogen and oxygen atoms in total. The molecule has 1 saturated carbocycles. The van der Waals surface area contributed by atoms with Gasteiger partial charge >= 0.3 is 0 Å². The quantitative estimate of drug-likeness (QED) is 0.257. The topological polar surface area (TPSA) is 49.4 Å². The number of hydrogen-bond acceptors (Lipinski definition) is 4. The van der Waals surface area contributed by atoms with Gasteiger partial charge in [0.15, 0.2) is 9.84 Å². The minimum Gasteiger partial charge on any atom is -0.313 e. The predicted molar refractivity (Wildman–Crippen MR) is 154 cm³/mol. The molecule has 1 saturated heterocycles. The van der Waals surface area contributed by atoms with Crippen LogP contribution in [0.15, 0.2) is 66.2 Å². The Hall–Kier alpha value is -2.58. The van der Waals surface area contributed by atoms with Crippen molar-refractivity contribution in [3.63, 3.8) is 0 Å². The monoisotopic (exact) mass is 570 g/mol. The first-order valence-electron chi connectivity index (χ1n) is 13.3. The molecule has 0 radical (unpaired) electrons. The SMILES string of the molecule is CS(=O)(=O)C(=C1CN(Cc2ccc(CNCCCC3CC3)cc2-c2ccc(Cl)cc2)C1)c1cc(F)cc(F)c1. The fraction of sp³-hybridized carbons (Fsp3) is 0.355. The van der Waals surface area contributed by atoms with Gasteiger partial charge in [0, 0.05) is 43.5 Å². The van der Waals surface area contributed by atoms with Crippen LogP contribution >= 0.6 is 11.6 Å². The maximum Gasteiger partial charge on any atom is 0.176 e. The summed E-state index contributed by atoms with van der Waals surface area (Å²) in [4.78, 5) is 2.14. The van der Waals surface area contributed by atoms with E-state index in [0.717, 1.165) is 60.2 Å². The summed E-state index contributed by atoms with van der Waals surface area (Å²) in [6.45, 7) is 3.24. The second-order valence-corrected chi connectivity index (χ2v) is 13.2. The van der Waals surface area contributed by atoms with Gasteiger partial charge in [-0.15, -0.1) is 0 Å². The van der Waals surface area contributed by atoms with Crippen LogP contribution in [0.2, 0.25) is 5.02 Å². The van der Waals surface area contributed by atoms with Gasteiger partial charge in [0.25, 0.3) is 0 Å². The summed E-state index contributed by atoms with van der Waals surface area (Å²) in [6.07, 6.45) is 6.37. The molecule has 0 atom stereocenters. The Labute approximate surface area is 234 Å². The highest BCUT2D eigenvalue weighted by molar-refractivity contribution is 8.00. The Bertz CT molecular complexity index is 1460. The molecule has 1 heterocycles. The van der Waals surface area contributed by atoms with Crippen LogP contribution in [0.4, 0.5) is 8.78 Å². The summed E-state index contributed by atoms with van der Waals surface area (Å²) in [5.74, 6) is -0.649. The molecule has 1 N–H and O–H groups in total. The highest BCUT2D eigenvalue weighted by atomic mass is 35.5. The minimum absolute atomic E-state index is 0.0122. The van der Waals surface area contributed by atoms with E-state index in [1.54, 1.807) is 0 Å². The van der Waals surface area contributed by atoms with Gasteiger partial charge in [0.2, 0.25) is 0 Å². The van der Waals surface area contributed by atoms with Crippen LogP contribution in [-0.4, -0.2) is 39.2 Å². The summed E-state index contributed by atoms with van der Waals surface area (Å²) in [5.41, 5.74) is 5.20. The van der Waals surface area contributed by atoms with E-state index in [1.165, 1.54) is 31.2 Å². The zero-order valence-corrected chi connectivity index (χ0v) is 23.6. The maximum absolute atomic E-state index is 13.9. The lowest BCUT2D eigenvalue weighted by Crippen LogP contribution is -2.40. The zero-order valence-electron chi connectivity index (χ0n) is 22.0. The van der Waals surface area contributed by atoms with Crippen molar-refractivity contribution in [3.8, 4) is 11.1 Å². The zero-order chi connectivity index (χ0) is 27.6. The number of nitrogens with zero attached hydrogens (tertiary/aromatic N) is 1. The summed E-state index contributed by atoms with van der Waals surface area (Å²) >= 11 is 6.14. The van der Waals surface area contributed by atoms with Gasteiger partial charge in [-0.2, -0.15) is 0 Å². The van der Waals surface area contributed by atoms with Crippen LogP contribution in [-0.2, 0) is 22.9 Å². The Morgan fingerprint density at radius 2 is 1.69 bits per heavy atom. The molecule has 0 aromatic heterocycles. The Balaban J connectivity index is 1.33. The van der Waals surface area contributed by atoms with Gasteiger partial charge in [-0.1, -0.05) is 48.7 Å². The largest absolute Gasteiger partial charge is 0.313 e. The average Bonchev–Trinajstić information content (AvgIpc) is 3.67. The number of halogens is 3. The number of rotatable bonds is 11. The van der Waals surface area contributed by atoms with Gasteiger partial charge < -0.3 is 5.32 Å². The molecule has 2 fully saturated rings. The highest BCUT2D eigenvalue weighted by Gasteiger charge is 2.30. The molecule has 3 aromatic rings. The van der Waals surface area contributed by atoms with Gasteiger partial charge in [-0.05, 0) is 89.0 Å². The van der Waals surface area contributed by atoms with Crippen molar-refractivity contribution >= 4 is 26.3 Å². The molecule has 2 aliphatic rings. The molecule has 5 rings (SSSR count). The first-order chi connectivity index (χ1) is 18.7. The normalized spacial score (nSPS) is 15.8. The van der Waals surface area contributed by atoms with Crippen molar-refractivity contribution in [2.75, 3.05) is 25.9 Å². The van der Waals surface area contributed by atoms with E-state index in [-0.39, 0.29) is 10.5 Å². The van der Waals surface area contributed by atoms with Crippen LogP contribution in [0.1, 0.15) is 42.4 Å². The van der Waals surface area contributed by atoms with E-state index in [4.69, 9.17) is 11.6 Å². The lowest BCUT2D eigenvalue weighted by Gasteiger charge is -2.36. The molecule has 1 aliphatic carbocycles. The van der Waals surface area contributed by atoms with Crippen LogP contribution in [0.3, 0.4) is 0 Å². The molecule has 39 heavy (non-hydrogen) atoms. The number of hydrogen-bond donors (Lipinski definition) is 1. The van der Waals surface area contributed by atoms with E-state index in [9.17, 15) is 17.2 Å². The summed E-state index contributed by atoms with van der Waals surface area (Å²) in [6, 6.07) is 17.1. The van der Waals surface area contributed by atoms with E-state index in [2.05, 4.69) is 28.4 Å². The van der Waals surface area contributed by atoms with E-state index < -0.39 is 21.5 Å². The number of sulfone groups is 1. The summed E-state index contributed by atoms with van der Waals surface area (Å²) in [7, 11) is -3.68. The fourth-order valence-corrected chi connectivity index (χ4v) is 6.61. The van der Waals surface area contributed by atoms with Crippen LogP contribution in [0.5, 0.6) is 0 Å². The fourth-order valence-electron chi connectivity index (χ4n) is 5.28. The van der Waals surface area contributed by atoms with Crippen LogP contribution in [0.25, 0.3) is 16.0 Å². The molecule has 3 aromatic carbocycles. The summed E-state index contributed by atoms with van der Waals surface area (Å²) < 4.78 is 52.9. The van der Waals surface area contributed by atoms with E-state index >= 15 is 0 Å². The number of likely N-dealkylation sites (tertiary alicyclic amines) is 1. The van der Waals surface area contributed by atoms with Gasteiger partial charge in [0.05, 0.1) is 4.91 Å². The maximum atomic E-state index is 13.9. The van der Waals surface area contributed by atoms with Crippen molar-refractivity contribution in [2.45, 2.75) is 38.8 Å². The van der Waals surface area contributed by atoms with Crippen molar-refractivity contribution in [1.29, 1.82) is 0 Å². The number of nitrogens with one attached hydrogen (secondary N) is 1. The lowest BCUT2D eigenvalue weighted by molar-refractivity contribution is 0.243. The molecule has 0 amide bonds. The predicted octanol–water partition coefficient (Wildman–Crippen LogP) is 6.84. The second kappa shape index (κ2) is 11.9. The molecule has 0 spiro atoms. The van der Waals surface area contributed by atoms with E-state index in [1.807, 2.05) is 24.3 Å². The Kier molecular flexibility index (Phi) is 8.52. The lowest BCUT2D eigenvalue weighted by atomic mass is 9.95. The third kappa shape index (κ3) is 7.34. The highest BCUT2D eigenvalue weighted by Crippen LogP contribution is 2.34. The van der Waals surface area contributed by atoms with Crippen LogP contribution in [0, 0.1) is 17.6 Å². The number of benzene rings is 3. The second-order valence-electron chi connectivity index (χ2n) is 10.8. The smallest absolute Gasteiger partial charge is 0.176 e. The molecule has 0 unspecified atom stereocenters. The first kappa shape index (κ1) is 28.0. The third-order valence-electron chi connectivity index (χ3n) is 7.36. The molecule has 206 valence electrons. The van der Waals surface area contributed by atoms with Gasteiger partial charge in [-0.25, -0.2) is 17.2 Å². The Morgan fingerprint density at radius 1 is 1.00 bits per heavy atom. The van der Waals surface area contributed by atoms with Gasteiger partial charge in [0.1, 0.15) is 11.6 Å². The average molecular weight is 571 g/mol. The van der Waals surface area contributed by atoms with Crippen LogP contribution < -0.4 is 5.32 Å². The van der Waals surface area contributed by atoms with Crippen molar-refractivity contribution < 1.29 is 17.2 Å². The minimum atomic E-state index is -3.68.